The number of amides is 1. The van der Waals surface area contributed by atoms with Gasteiger partial charge >= 0.3 is 0 Å². The Kier molecular flexibility index (Phi) is 5.68. The summed E-state index contributed by atoms with van der Waals surface area (Å²) in [6.45, 7) is 3.98. The first-order chi connectivity index (χ1) is 9.26. The van der Waals surface area contributed by atoms with E-state index in [2.05, 4.69) is 11.8 Å². The molecule has 3 atom stereocenters. The third-order valence-electron chi connectivity index (χ3n) is 5.07. The van der Waals surface area contributed by atoms with Crippen LogP contribution in [-0.4, -0.2) is 29.9 Å². The molecule has 1 saturated heterocycles. The lowest BCUT2D eigenvalue weighted by Gasteiger charge is -2.42. The first-order valence-corrected chi connectivity index (χ1v) is 8.25. The maximum atomic E-state index is 12.3. The molecule has 110 valence electrons. The molecule has 3 unspecified atom stereocenters. The fraction of sp³-hybridized carbons (Fsp3) is 0.938. The van der Waals surface area contributed by atoms with Crippen molar-refractivity contribution < 1.29 is 4.79 Å². The van der Waals surface area contributed by atoms with E-state index in [-0.39, 0.29) is 0 Å². The number of hydrogen-bond donors (Lipinski definition) is 1. The molecule has 0 bridgehead atoms. The summed E-state index contributed by atoms with van der Waals surface area (Å²) in [4.78, 5) is 14.5. The molecule has 0 radical (unpaired) electrons. The summed E-state index contributed by atoms with van der Waals surface area (Å²) in [5.41, 5.74) is 5.97. The molecule has 1 amide bonds. The van der Waals surface area contributed by atoms with Crippen molar-refractivity contribution >= 4 is 5.91 Å². The highest BCUT2D eigenvalue weighted by molar-refractivity contribution is 5.76. The lowest BCUT2D eigenvalue weighted by molar-refractivity contribution is -0.135. The Morgan fingerprint density at radius 1 is 1.26 bits per heavy atom. The van der Waals surface area contributed by atoms with E-state index in [4.69, 9.17) is 5.73 Å². The van der Waals surface area contributed by atoms with E-state index in [0.29, 0.717) is 17.9 Å². The normalized spacial score (nSPS) is 33.3. The third kappa shape index (κ3) is 3.71. The van der Waals surface area contributed by atoms with Crippen molar-refractivity contribution in [2.45, 2.75) is 70.8 Å². The highest BCUT2D eigenvalue weighted by Crippen LogP contribution is 2.35. The van der Waals surface area contributed by atoms with Gasteiger partial charge in [0.05, 0.1) is 0 Å². The summed E-state index contributed by atoms with van der Waals surface area (Å²) in [7, 11) is 0. The topological polar surface area (TPSA) is 46.3 Å². The fourth-order valence-corrected chi connectivity index (χ4v) is 3.98. The second-order valence-corrected chi connectivity index (χ2v) is 6.43. The van der Waals surface area contributed by atoms with Crippen molar-refractivity contribution in [3.63, 3.8) is 0 Å². The number of hydrogen-bond acceptors (Lipinski definition) is 2. The summed E-state index contributed by atoms with van der Waals surface area (Å²) in [5, 5.41) is 0. The molecule has 1 aliphatic carbocycles. The highest BCUT2D eigenvalue weighted by atomic mass is 16.2. The molecule has 0 aromatic heterocycles. The lowest BCUT2D eigenvalue weighted by Crippen LogP contribution is -2.49. The molecule has 3 nitrogen and oxygen atoms in total. The first kappa shape index (κ1) is 14.8. The molecular weight excluding hydrogens is 236 g/mol. The van der Waals surface area contributed by atoms with Crippen LogP contribution in [0.25, 0.3) is 0 Å². The molecule has 2 aliphatic rings. The van der Waals surface area contributed by atoms with Crippen molar-refractivity contribution in [1.29, 1.82) is 0 Å². The van der Waals surface area contributed by atoms with Gasteiger partial charge in [-0.1, -0.05) is 26.2 Å². The molecule has 0 aromatic rings. The molecule has 1 heterocycles. The Balaban J connectivity index is 2.05. The average Bonchev–Trinajstić information content (AvgIpc) is 2.64. The predicted molar refractivity (Wildman–Crippen MR) is 78.8 cm³/mol. The van der Waals surface area contributed by atoms with E-state index in [1.54, 1.807) is 0 Å². The molecule has 2 rings (SSSR count). The van der Waals surface area contributed by atoms with Crippen molar-refractivity contribution in [3.05, 3.63) is 0 Å². The van der Waals surface area contributed by atoms with Crippen LogP contribution in [0.3, 0.4) is 0 Å². The van der Waals surface area contributed by atoms with Crippen LogP contribution in [0.15, 0.2) is 0 Å². The quantitative estimate of drug-likeness (QED) is 0.850. The Labute approximate surface area is 117 Å². The summed E-state index contributed by atoms with van der Waals surface area (Å²) < 4.78 is 0. The zero-order valence-electron chi connectivity index (χ0n) is 12.4. The van der Waals surface area contributed by atoms with E-state index in [9.17, 15) is 4.79 Å². The lowest BCUT2D eigenvalue weighted by atomic mass is 9.76. The zero-order valence-corrected chi connectivity index (χ0v) is 12.4. The van der Waals surface area contributed by atoms with E-state index < -0.39 is 0 Å². The maximum Gasteiger partial charge on any atom is 0.222 e. The molecule has 3 heteroatoms. The van der Waals surface area contributed by atoms with Crippen molar-refractivity contribution in [3.8, 4) is 0 Å². The smallest absolute Gasteiger partial charge is 0.222 e. The van der Waals surface area contributed by atoms with E-state index in [1.165, 1.54) is 44.9 Å². The number of nitrogens with zero attached hydrogens (tertiary/aromatic N) is 1. The number of rotatable bonds is 4. The Bertz CT molecular complexity index is 292. The van der Waals surface area contributed by atoms with Crippen LogP contribution < -0.4 is 5.73 Å². The van der Waals surface area contributed by atoms with Crippen LogP contribution in [-0.2, 0) is 4.79 Å². The maximum absolute atomic E-state index is 12.3. The van der Waals surface area contributed by atoms with Gasteiger partial charge < -0.3 is 10.6 Å². The Hall–Kier alpha value is -0.570. The van der Waals surface area contributed by atoms with Gasteiger partial charge in [-0.2, -0.15) is 0 Å². The van der Waals surface area contributed by atoms with Crippen LogP contribution in [0.2, 0.25) is 0 Å². The minimum atomic E-state index is 0.387. The Morgan fingerprint density at radius 3 is 2.84 bits per heavy atom. The minimum Gasteiger partial charge on any atom is -0.339 e. The van der Waals surface area contributed by atoms with Gasteiger partial charge in [-0.25, -0.2) is 0 Å². The fourth-order valence-electron chi connectivity index (χ4n) is 3.98. The van der Waals surface area contributed by atoms with Crippen LogP contribution in [0, 0.1) is 11.8 Å². The monoisotopic (exact) mass is 266 g/mol. The van der Waals surface area contributed by atoms with Gasteiger partial charge in [-0.15, -0.1) is 0 Å². The minimum absolute atomic E-state index is 0.387. The first-order valence-electron chi connectivity index (χ1n) is 8.25. The number of likely N-dealkylation sites (tertiary alicyclic amines) is 1. The molecule has 19 heavy (non-hydrogen) atoms. The molecule has 1 saturated carbocycles. The molecular formula is C16H30N2O. The van der Waals surface area contributed by atoms with Gasteiger partial charge in [-0.05, 0) is 50.5 Å². The van der Waals surface area contributed by atoms with Crippen LogP contribution >= 0.6 is 0 Å². The van der Waals surface area contributed by atoms with Gasteiger partial charge in [0.1, 0.15) is 0 Å². The second kappa shape index (κ2) is 7.28. The summed E-state index contributed by atoms with van der Waals surface area (Å²) >= 11 is 0. The van der Waals surface area contributed by atoms with Gasteiger partial charge in [0.2, 0.25) is 5.91 Å². The zero-order chi connectivity index (χ0) is 13.7. The highest BCUT2D eigenvalue weighted by Gasteiger charge is 2.35. The van der Waals surface area contributed by atoms with Crippen LogP contribution in [0.5, 0.6) is 0 Å². The molecule has 2 fully saturated rings. The predicted octanol–water partition coefficient (Wildman–Crippen LogP) is 2.93. The summed E-state index contributed by atoms with van der Waals surface area (Å²) in [6, 6.07) is 0.431. The second-order valence-electron chi connectivity index (χ2n) is 6.43. The third-order valence-corrected chi connectivity index (χ3v) is 5.07. The number of nitrogens with two attached hydrogens (primary N) is 1. The van der Waals surface area contributed by atoms with Crippen molar-refractivity contribution in [2.24, 2.45) is 17.6 Å². The Morgan fingerprint density at radius 2 is 2.11 bits per heavy atom. The van der Waals surface area contributed by atoms with Gasteiger partial charge in [0.25, 0.3) is 0 Å². The molecule has 2 N–H and O–H groups in total. The molecule has 0 aromatic carbocycles. The average molecular weight is 266 g/mol. The van der Waals surface area contributed by atoms with Crippen molar-refractivity contribution in [1.82, 2.24) is 4.90 Å². The van der Waals surface area contributed by atoms with E-state index in [1.807, 2.05) is 0 Å². The number of carbonyl (C=O) groups is 1. The molecule has 1 aliphatic heterocycles. The SMILES string of the molecule is CCCC1CCC(CN)C(N2CCCCCC2=O)C1. The van der Waals surface area contributed by atoms with Crippen LogP contribution in [0.4, 0.5) is 0 Å². The van der Waals surface area contributed by atoms with Crippen molar-refractivity contribution in [2.75, 3.05) is 13.1 Å². The van der Waals surface area contributed by atoms with Gasteiger partial charge in [-0.3, -0.25) is 4.79 Å². The van der Waals surface area contributed by atoms with Gasteiger partial charge in [0, 0.05) is 19.0 Å². The van der Waals surface area contributed by atoms with Gasteiger partial charge in [0.15, 0.2) is 0 Å². The largest absolute Gasteiger partial charge is 0.339 e. The number of carbonyl (C=O) groups excluding carboxylic acids is 1. The summed E-state index contributed by atoms with van der Waals surface area (Å²) in [5.74, 6) is 1.74. The van der Waals surface area contributed by atoms with E-state index >= 15 is 0 Å². The standard InChI is InChI=1S/C16H30N2O/c1-2-6-13-8-9-14(12-17)15(11-13)18-10-5-3-4-7-16(18)19/h13-15H,2-12,17H2,1H3. The van der Waals surface area contributed by atoms with Crippen LogP contribution in [0.1, 0.15) is 64.7 Å². The summed E-state index contributed by atoms with van der Waals surface area (Å²) in [6.07, 6.45) is 10.5. The molecule has 0 spiro atoms. The van der Waals surface area contributed by atoms with E-state index in [0.717, 1.165) is 31.8 Å².